The van der Waals surface area contributed by atoms with Gasteiger partial charge in [-0.25, -0.2) is 23.7 Å². The summed E-state index contributed by atoms with van der Waals surface area (Å²) in [4.78, 5) is 47.0. The first kappa shape index (κ1) is 26.9. The van der Waals surface area contributed by atoms with E-state index in [0.29, 0.717) is 5.82 Å². The number of aliphatic hydroxyl groups is 2. The van der Waals surface area contributed by atoms with Crippen LogP contribution in [0.4, 0.5) is 11.8 Å². The number of aromatic nitrogens is 4. The quantitative estimate of drug-likeness (QED) is 0.0899. The van der Waals surface area contributed by atoms with Crippen LogP contribution in [0.25, 0.3) is 22.0 Å². The number of azide groups is 1. The molecule has 4 rings (SSSR count). The first-order chi connectivity index (χ1) is 16.7. The molecule has 21 nitrogen and oxygen atoms in total. The summed E-state index contributed by atoms with van der Waals surface area (Å²) in [5.41, 5.74) is 9.16. The number of phosphoric acid groups is 3. The molecule has 36 heavy (non-hydrogen) atoms. The topological polar surface area (TPSA) is 306 Å². The molecule has 0 spiro atoms. The van der Waals surface area contributed by atoms with Gasteiger partial charge in [-0.2, -0.15) is 8.62 Å². The summed E-state index contributed by atoms with van der Waals surface area (Å²) < 4.78 is 54.1. The van der Waals surface area contributed by atoms with Gasteiger partial charge in [0.1, 0.15) is 29.8 Å². The molecule has 24 heteroatoms. The van der Waals surface area contributed by atoms with Gasteiger partial charge in [-0.15, -0.1) is 0 Å². The number of nitrogens with zero attached hydrogens (tertiary/aromatic N) is 7. The van der Waals surface area contributed by atoms with Gasteiger partial charge in [0.25, 0.3) is 0 Å². The van der Waals surface area contributed by atoms with Crippen LogP contribution >= 0.6 is 23.5 Å². The fourth-order valence-electron chi connectivity index (χ4n) is 3.46. The molecule has 1 saturated heterocycles. The number of rotatable bonds is 9. The average molecular weight is 574 g/mol. The van der Waals surface area contributed by atoms with Crippen LogP contribution in [0.5, 0.6) is 0 Å². The summed E-state index contributed by atoms with van der Waals surface area (Å²) in [5.74, 6) is 0.325. The van der Waals surface area contributed by atoms with Gasteiger partial charge in [0, 0.05) is 17.3 Å². The Bertz CT molecular complexity index is 1350. The molecule has 2 unspecified atom stereocenters. The van der Waals surface area contributed by atoms with Gasteiger partial charge < -0.3 is 44.4 Å². The number of imidazole rings is 2. The molecule has 0 saturated carbocycles. The van der Waals surface area contributed by atoms with Crippen LogP contribution in [0, 0.1) is 0 Å². The largest absolute Gasteiger partial charge is 0.490 e. The molecule has 0 radical (unpaired) electrons. The van der Waals surface area contributed by atoms with Gasteiger partial charge in [-0.1, -0.05) is 0 Å². The number of ether oxygens (including phenoxy) is 1. The van der Waals surface area contributed by atoms with E-state index in [1.807, 2.05) is 0 Å². The first-order valence-electron chi connectivity index (χ1n) is 9.44. The van der Waals surface area contributed by atoms with Crippen LogP contribution in [-0.4, -0.2) is 73.8 Å². The zero-order valence-corrected chi connectivity index (χ0v) is 20.1. The van der Waals surface area contributed by atoms with Crippen molar-refractivity contribution >= 4 is 35.2 Å². The summed E-state index contributed by atoms with van der Waals surface area (Å²) >= 11 is 0. The van der Waals surface area contributed by atoms with Gasteiger partial charge >= 0.3 is 23.5 Å². The Morgan fingerprint density at radius 3 is 2.58 bits per heavy atom. The predicted molar refractivity (Wildman–Crippen MR) is 112 cm³/mol. The molecule has 0 amide bonds. The van der Waals surface area contributed by atoms with E-state index in [-0.39, 0.29) is 24.1 Å². The molecule has 2 aromatic rings. The molecule has 6 atom stereocenters. The molecule has 0 bridgehead atoms. The number of aliphatic hydroxyl groups excluding tert-OH is 2. The SMILES string of the molecule is [N-]=[N+]=Nc1nc2c(n1[C@@H]1O[C@H](COP(=O)(O)OP(=O)(O)OP(=O)(O)O)[C@@H](O)[C@H]1O)NCn1ccnc1-2. The van der Waals surface area contributed by atoms with Crippen molar-refractivity contribution in [1.29, 1.82) is 0 Å². The number of fused-ring (bicyclic) bond motifs is 3. The highest BCUT2D eigenvalue weighted by Crippen LogP contribution is 2.66. The maximum Gasteiger partial charge on any atom is 0.490 e. The summed E-state index contributed by atoms with van der Waals surface area (Å²) in [6.45, 7) is -0.811. The lowest BCUT2D eigenvalue weighted by molar-refractivity contribution is -0.0502. The zero-order valence-electron chi connectivity index (χ0n) is 17.4. The van der Waals surface area contributed by atoms with Crippen LogP contribution in [-0.2, 0) is 38.2 Å². The molecule has 7 N–H and O–H groups in total. The van der Waals surface area contributed by atoms with Gasteiger partial charge in [0.15, 0.2) is 12.1 Å². The lowest BCUT2D eigenvalue weighted by Crippen LogP contribution is -2.33. The highest BCUT2D eigenvalue weighted by molar-refractivity contribution is 7.66. The summed E-state index contributed by atoms with van der Waals surface area (Å²) in [7, 11) is -16.8. The van der Waals surface area contributed by atoms with Crippen molar-refractivity contribution in [3.8, 4) is 11.5 Å². The zero-order chi connectivity index (χ0) is 26.5. The second kappa shape index (κ2) is 9.60. The van der Waals surface area contributed by atoms with Crippen molar-refractivity contribution in [3.63, 3.8) is 0 Å². The van der Waals surface area contributed by atoms with Gasteiger partial charge in [0.05, 0.1) is 13.3 Å². The smallest absolute Gasteiger partial charge is 0.387 e. The van der Waals surface area contributed by atoms with E-state index in [1.165, 1.54) is 6.20 Å². The van der Waals surface area contributed by atoms with Crippen molar-refractivity contribution in [2.24, 2.45) is 5.11 Å². The Kier molecular flexibility index (Phi) is 7.17. The van der Waals surface area contributed by atoms with Crippen molar-refractivity contribution in [3.05, 3.63) is 22.8 Å². The Labute approximate surface area is 198 Å². The molecule has 2 aliphatic rings. The molecule has 0 aliphatic carbocycles. The number of hydrogen-bond donors (Lipinski definition) is 7. The highest BCUT2D eigenvalue weighted by atomic mass is 31.3. The normalized spacial score (nSPS) is 26.7. The molecule has 4 heterocycles. The number of nitrogens with one attached hydrogen (secondary N) is 1. The van der Waals surface area contributed by atoms with Crippen LogP contribution < -0.4 is 5.32 Å². The van der Waals surface area contributed by atoms with Gasteiger partial charge in [0.2, 0.25) is 5.95 Å². The molecule has 0 aromatic carbocycles. The van der Waals surface area contributed by atoms with E-state index in [1.54, 1.807) is 10.8 Å². The molecule has 2 aliphatic heterocycles. The summed E-state index contributed by atoms with van der Waals surface area (Å²) in [5, 5.41) is 27.4. The van der Waals surface area contributed by atoms with Crippen molar-refractivity contribution < 1.29 is 61.4 Å². The maximum atomic E-state index is 11.9. The average Bonchev–Trinajstić information content (AvgIpc) is 3.41. The second-order valence-corrected chi connectivity index (χ2v) is 11.6. The Hall–Kier alpha value is -2.18. The minimum atomic E-state index is -5.75. The predicted octanol–water partition coefficient (Wildman–Crippen LogP) is 0.0339. The van der Waals surface area contributed by atoms with Crippen LogP contribution in [0.3, 0.4) is 0 Å². The number of anilines is 1. The van der Waals surface area contributed by atoms with Crippen molar-refractivity contribution in [2.75, 3.05) is 11.9 Å². The van der Waals surface area contributed by atoms with Gasteiger partial charge in [-0.3, -0.25) is 9.09 Å². The molecule has 198 valence electrons. The molecular formula is C12H17N8O13P3. The first-order valence-corrected chi connectivity index (χ1v) is 14.0. The van der Waals surface area contributed by atoms with Gasteiger partial charge in [-0.05, 0) is 10.6 Å². The van der Waals surface area contributed by atoms with Crippen molar-refractivity contribution in [2.45, 2.75) is 31.2 Å². The molecular weight excluding hydrogens is 557 g/mol. The second-order valence-electron chi connectivity index (χ2n) is 7.16. The fraction of sp³-hybridized carbons (Fsp3) is 0.500. The minimum Gasteiger partial charge on any atom is -0.387 e. The lowest BCUT2D eigenvalue weighted by Gasteiger charge is -2.23. The molecule has 1 fully saturated rings. The van der Waals surface area contributed by atoms with Crippen LogP contribution in [0.2, 0.25) is 0 Å². The van der Waals surface area contributed by atoms with E-state index in [4.69, 9.17) is 20.1 Å². The molecule has 2 aromatic heterocycles. The third kappa shape index (κ3) is 5.55. The minimum absolute atomic E-state index is 0.209. The Morgan fingerprint density at radius 2 is 1.92 bits per heavy atom. The summed E-state index contributed by atoms with van der Waals surface area (Å²) in [6, 6.07) is 0. The fourth-order valence-corrected chi connectivity index (χ4v) is 6.49. The van der Waals surface area contributed by atoms with Crippen molar-refractivity contribution in [1.82, 2.24) is 19.1 Å². The third-order valence-electron chi connectivity index (χ3n) is 4.78. The standard InChI is InChI=1S/C12H17N8O13P3/c13-18-17-12-16-6-9-14-1-2-19(9)4-15-10(6)20(12)11-8(22)7(21)5(31-11)3-30-35(26,27)33-36(28,29)32-34(23,24)25/h1-2,5,7-8,11,15,21-22H,3-4H2,(H,26,27)(H,28,29)(H2,23,24,25)/t5-,7-,8-,11-/m1/s1. The summed E-state index contributed by atoms with van der Waals surface area (Å²) in [6.07, 6.45) is -3.38. The number of hydrogen-bond acceptors (Lipinski definition) is 13. The third-order valence-corrected chi connectivity index (χ3v) is 8.58. The number of phosphoric ester groups is 1. The monoisotopic (exact) mass is 574 g/mol. The Morgan fingerprint density at radius 1 is 1.19 bits per heavy atom. The highest BCUT2D eigenvalue weighted by Gasteiger charge is 2.48. The van der Waals surface area contributed by atoms with E-state index >= 15 is 0 Å². The van der Waals surface area contributed by atoms with Crippen LogP contribution in [0.15, 0.2) is 17.5 Å². The van der Waals surface area contributed by atoms with E-state index in [0.717, 1.165) is 4.57 Å². The maximum absolute atomic E-state index is 11.9. The Balaban J connectivity index is 1.53. The van der Waals surface area contributed by atoms with E-state index < -0.39 is 54.6 Å². The van der Waals surface area contributed by atoms with E-state index in [2.05, 4.69) is 38.5 Å². The lowest BCUT2D eigenvalue weighted by atomic mass is 10.1. The van der Waals surface area contributed by atoms with Crippen LogP contribution in [0.1, 0.15) is 6.23 Å². The van der Waals surface area contributed by atoms with E-state index in [9.17, 15) is 33.7 Å².